The molecule has 3 aromatic rings. The molecule has 3 aromatic carbocycles. The normalized spacial score (nSPS) is 19.2. The zero-order valence-corrected chi connectivity index (χ0v) is 16.9. The zero-order valence-electron chi connectivity index (χ0n) is 16.9. The minimum atomic E-state index is -1.09. The molecule has 1 spiro atoms. The highest BCUT2D eigenvalue weighted by atomic mass is 16.6. The van der Waals surface area contributed by atoms with Crippen LogP contribution in [0.15, 0.2) is 54.6 Å². The number of fused-ring (bicyclic) bond motifs is 6. The van der Waals surface area contributed by atoms with E-state index in [-0.39, 0.29) is 17.1 Å². The van der Waals surface area contributed by atoms with Gasteiger partial charge in [-0.15, -0.1) is 0 Å². The van der Waals surface area contributed by atoms with E-state index < -0.39 is 5.60 Å². The summed E-state index contributed by atoms with van der Waals surface area (Å²) in [5.74, 6) is 0.869. The molecule has 0 amide bonds. The predicted molar refractivity (Wildman–Crippen MR) is 110 cm³/mol. The summed E-state index contributed by atoms with van der Waals surface area (Å²) >= 11 is 0. The summed E-state index contributed by atoms with van der Waals surface area (Å²) in [6.45, 7) is 8.35. The van der Waals surface area contributed by atoms with Gasteiger partial charge in [0.15, 0.2) is 5.60 Å². The summed E-state index contributed by atoms with van der Waals surface area (Å²) < 4.78 is 12.3. The monoisotopic (exact) mass is 386 g/mol. The predicted octanol–water partition coefficient (Wildman–Crippen LogP) is 5.57. The Kier molecular flexibility index (Phi) is 3.46. The molecule has 0 saturated carbocycles. The fourth-order valence-corrected chi connectivity index (χ4v) is 4.29. The SMILES string of the molecule is Cc1ccc2c(c1)Oc1cc(O)ccc1C21OC(=O)c2cc(C(C)(C)C)ccc21. The zero-order chi connectivity index (χ0) is 20.6. The Hall–Kier alpha value is -3.27. The number of phenolic OH excluding ortho intramolecular Hbond substituents is 1. The van der Waals surface area contributed by atoms with Crippen LogP contribution in [-0.2, 0) is 15.8 Å². The Labute approximate surface area is 169 Å². The fraction of sp³-hybridized carbons (Fsp3) is 0.240. The van der Waals surface area contributed by atoms with Crippen LogP contribution in [0.2, 0.25) is 0 Å². The van der Waals surface area contributed by atoms with E-state index in [1.54, 1.807) is 18.2 Å². The largest absolute Gasteiger partial charge is 0.508 e. The molecule has 0 saturated heterocycles. The molecule has 1 N–H and O–H groups in total. The van der Waals surface area contributed by atoms with Gasteiger partial charge in [-0.3, -0.25) is 0 Å². The smallest absolute Gasteiger partial charge is 0.340 e. The molecule has 146 valence electrons. The third-order valence-corrected chi connectivity index (χ3v) is 5.81. The lowest BCUT2D eigenvalue weighted by molar-refractivity contribution is 0.0224. The fourth-order valence-electron chi connectivity index (χ4n) is 4.29. The number of carbonyl (C=O) groups is 1. The van der Waals surface area contributed by atoms with E-state index in [0.29, 0.717) is 22.6 Å². The Bertz CT molecular complexity index is 1130. The van der Waals surface area contributed by atoms with Crippen molar-refractivity contribution in [2.45, 2.75) is 38.7 Å². The summed E-state index contributed by atoms with van der Waals surface area (Å²) in [6, 6.07) is 16.8. The number of hydrogen-bond donors (Lipinski definition) is 1. The first-order valence-electron chi connectivity index (χ1n) is 9.71. The first-order valence-corrected chi connectivity index (χ1v) is 9.71. The molecule has 2 heterocycles. The molecule has 0 aliphatic carbocycles. The second-order valence-corrected chi connectivity index (χ2v) is 8.86. The second kappa shape index (κ2) is 5.63. The van der Waals surface area contributed by atoms with Crippen LogP contribution in [0.25, 0.3) is 0 Å². The van der Waals surface area contributed by atoms with Gasteiger partial charge in [0.1, 0.15) is 17.2 Å². The summed E-state index contributed by atoms with van der Waals surface area (Å²) in [7, 11) is 0. The van der Waals surface area contributed by atoms with Crippen molar-refractivity contribution >= 4 is 5.97 Å². The van der Waals surface area contributed by atoms with Gasteiger partial charge in [0.05, 0.1) is 5.56 Å². The number of phenols is 1. The highest BCUT2D eigenvalue weighted by Crippen LogP contribution is 2.56. The maximum Gasteiger partial charge on any atom is 0.340 e. The van der Waals surface area contributed by atoms with E-state index in [1.807, 2.05) is 37.3 Å². The molecule has 1 unspecified atom stereocenters. The van der Waals surface area contributed by atoms with Crippen LogP contribution in [-0.4, -0.2) is 11.1 Å². The molecular weight excluding hydrogens is 364 g/mol. The maximum absolute atomic E-state index is 13.1. The first-order chi connectivity index (χ1) is 13.7. The third-order valence-electron chi connectivity index (χ3n) is 5.81. The van der Waals surface area contributed by atoms with Crippen LogP contribution in [0.5, 0.6) is 17.2 Å². The molecule has 0 radical (unpaired) electrons. The number of ether oxygens (including phenoxy) is 2. The van der Waals surface area contributed by atoms with Crippen molar-refractivity contribution in [2.24, 2.45) is 0 Å². The molecule has 5 rings (SSSR count). The Morgan fingerprint density at radius 2 is 1.52 bits per heavy atom. The number of aromatic hydroxyl groups is 1. The van der Waals surface area contributed by atoms with Crippen molar-refractivity contribution in [1.29, 1.82) is 0 Å². The highest BCUT2D eigenvalue weighted by molar-refractivity contribution is 5.97. The van der Waals surface area contributed by atoms with E-state index in [2.05, 4.69) is 26.8 Å². The van der Waals surface area contributed by atoms with Gasteiger partial charge in [-0.05, 0) is 47.7 Å². The van der Waals surface area contributed by atoms with Crippen LogP contribution in [0.1, 0.15) is 58.9 Å². The molecule has 2 aliphatic heterocycles. The van der Waals surface area contributed by atoms with Crippen LogP contribution < -0.4 is 4.74 Å². The van der Waals surface area contributed by atoms with E-state index in [4.69, 9.17) is 9.47 Å². The van der Waals surface area contributed by atoms with Gasteiger partial charge in [-0.25, -0.2) is 4.79 Å². The van der Waals surface area contributed by atoms with Crippen LogP contribution in [0, 0.1) is 6.92 Å². The van der Waals surface area contributed by atoms with Gasteiger partial charge in [0.2, 0.25) is 0 Å². The van der Waals surface area contributed by atoms with Gasteiger partial charge in [0.25, 0.3) is 0 Å². The van der Waals surface area contributed by atoms with Crippen LogP contribution in [0.3, 0.4) is 0 Å². The lowest BCUT2D eigenvalue weighted by atomic mass is 9.76. The number of esters is 1. The van der Waals surface area contributed by atoms with Gasteiger partial charge in [-0.1, -0.05) is 45.0 Å². The molecule has 2 aliphatic rings. The van der Waals surface area contributed by atoms with E-state index in [1.165, 1.54) is 0 Å². The van der Waals surface area contributed by atoms with Crippen molar-refractivity contribution in [3.8, 4) is 17.2 Å². The second-order valence-electron chi connectivity index (χ2n) is 8.86. The number of benzene rings is 3. The van der Waals surface area contributed by atoms with Crippen LogP contribution in [0.4, 0.5) is 0 Å². The van der Waals surface area contributed by atoms with E-state index in [9.17, 15) is 9.90 Å². The van der Waals surface area contributed by atoms with Crippen molar-refractivity contribution in [1.82, 2.24) is 0 Å². The minimum absolute atomic E-state index is 0.0839. The molecule has 4 nitrogen and oxygen atoms in total. The topological polar surface area (TPSA) is 55.8 Å². The minimum Gasteiger partial charge on any atom is -0.508 e. The van der Waals surface area contributed by atoms with Crippen LogP contribution >= 0.6 is 0 Å². The quantitative estimate of drug-likeness (QED) is 0.514. The van der Waals surface area contributed by atoms with E-state index in [0.717, 1.165) is 22.3 Å². The highest BCUT2D eigenvalue weighted by Gasteiger charge is 2.53. The Morgan fingerprint density at radius 3 is 2.24 bits per heavy atom. The maximum atomic E-state index is 13.1. The lowest BCUT2D eigenvalue weighted by Crippen LogP contribution is -2.33. The molecule has 0 fully saturated rings. The number of hydrogen-bond acceptors (Lipinski definition) is 4. The average molecular weight is 386 g/mol. The standard InChI is InChI=1S/C25H22O4/c1-14-5-8-19-21(11-14)28-22-13-16(26)7-10-20(22)25(19)18-9-6-15(24(2,3)4)12-17(18)23(27)29-25/h5-13,26H,1-4H3. The summed E-state index contributed by atoms with van der Waals surface area (Å²) in [5, 5.41) is 10.0. The number of carbonyl (C=O) groups excluding carboxylic acids is 1. The van der Waals surface area contributed by atoms with Crippen molar-refractivity contribution < 1.29 is 19.4 Å². The molecule has 0 bridgehead atoms. The van der Waals surface area contributed by atoms with Gasteiger partial charge in [-0.2, -0.15) is 0 Å². The average Bonchev–Trinajstić information content (AvgIpc) is 2.93. The summed E-state index contributed by atoms with van der Waals surface area (Å²) in [6.07, 6.45) is 0. The van der Waals surface area contributed by atoms with Gasteiger partial charge < -0.3 is 14.6 Å². The summed E-state index contributed by atoms with van der Waals surface area (Å²) in [4.78, 5) is 13.1. The molecular formula is C25H22O4. The van der Waals surface area contributed by atoms with Crippen molar-refractivity contribution in [2.75, 3.05) is 0 Å². The van der Waals surface area contributed by atoms with Gasteiger partial charge >= 0.3 is 5.97 Å². The third kappa shape index (κ3) is 2.42. The number of rotatable bonds is 0. The van der Waals surface area contributed by atoms with E-state index >= 15 is 0 Å². The molecule has 29 heavy (non-hydrogen) atoms. The number of aryl methyl sites for hydroxylation is 1. The molecule has 4 heteroatoms. The Balaban J connectivity index is 1.84. The first kappa shape index (κ1) is 17.8. The Morgan fingerprint density at radius 1 is 0.862 bits per heavy atom. The lowest BCUT2D eigenvalue weighted by Gasteiger charge is -2.36. The summed E-state index contributed by atoms with van der Waals surface area (Å²) in [5.41, 5.74) is 3.81. The van der Waals surface area contributed by atoms with Crippen molar-refractivity contribution in [3.05, 3.63) is 88.0 Å². The molecule has 1 atom stereocenters. The van der Waals surface area contributed by atoms with Gasteiger partial charge in [0, 0.05) is 22.8 Å². The molecule has 0 aromatic heterocycles. The van der Waals surface area contributed by atoms with Crippen molar-refractivity contribution in [3.63, 3.8) is 0 Å².